The molecule has 0 N–H and O–H groups in total. The summed E-state index contributed by atoms with van der Waals surface area (Å²) in [5.41, 5.74) is 2.05. The third-order valence-corrected chi connectivity index (χ3v) is 7.76. The smallest absolute Gasteiger partial charge is 0.228 e. The summed E-state index contributed by atoms with van der Waals surface area (Å²) in [7, 11) is -3.82. The van der Waals surface area contributed by atoms with Gasteiger partial charge >= 0.3 is 0 Å². The third-order valence-electron chi connectivity index (χ3n) is 4.19. The first-order valence-corrected chi connectivity index (χ1v) is 11.4. The van der Waals surface area contributed by atoms with Crippen molar-refractivity contribution >= 4 is 65.1 Å². The number of fused-ring (bicyclic) bond motifs is 1. The molecule has 1 heterocycles. The number of nitrogens with zero attached hydrogens (tertiary/aromatic N) is 2. The highest BCUT2D eigenvalue weighted by Gasteiger charge is 2.23. The third kappa shape index (κ3) is 3.57. The molecule has 0 bridgehead atoms. The van der Waals surface area contributed by atoms with Crippen LogP contribution in [-0.2, 0) is 10.0 Å². The molecule has 0 saturated carbocycles. The Balaban J connectivity index is 1.97. The fourth-order valence-electron chi connectivity index (χ4n) is 2.86. The monoisotopic (exact) mass is 516 g/mol. The molecule has 4 rings (SSSR count). The number of imidazole rings is 1. The molecule has 0 fully saturated rings. The molecule has 0 atom stereocenters. The molecule has 0 spiro atoms. The Morgan fingerprint density at radius 2 is 1.43 bits per heavy atom. The SMILES string of the molecule is O=S(=O)(c1ccccc1)n1c(/C=C/c2ccccc2)nc2cc(Br)c(Br)cc21. The van der Waals surface area contributed by atoms with Gasteiger partial charge in [-0.05, 0) is 67.8 Å². The van der Waals surface area contributed by atoms with Crippen LogP contribution in [0.1, 0.15) is 11.4 Å². The van der Waals surface area contributed by atoms with Crippen molar-refractivity contribution in [2.24, 2.45) is 0 Å². The van der Waals surface area contributed by atoms with Gasteiger partial charge in [-0.1, -0.05) is 54.6 Å². The van der Waals surface area contributed by atoms with Crippen molar-refractivity contribution < 1.29 is 8.42 Å². The number of hydrogen-bond donors (Lipinski definition) is 0. The Kier molecular flexibility index (Phi) is 5.23. The van der Waals surface area contributed by atoms with Crippen LogP contribution in [0.5, 0.6) is 0 Å². The van der Waals surface area contributed by atoms with Crippen LogP contribution in [0.4, 0.5) is 0 Å². The maximum Gasteiger partial charge on any atom is 0.269 e. The van der Waals surface area contributed by atoms with Crippen LogP contribution in [0, 0.1) is 0 Å². The summed E-state index contributed by atoms with van der Waals surface area (Å²) in [6.45, 7) is 0. The van der Waals surface area contributed by atoms with E-state index in [1.165, 1.54) is 3.97 Å². The first-order valence-electron chi connectivity index (χ1n) is 8.38. The average Bonchev–Trinajstić information content (AvgIpc) is 3.06. The highest BCUT2D eigenvalue weighted by Crippen LogP contribution is 2.31. The number of rotatable bonds is 4. The van der Waals surface area contributed by atoms with E-state index in [0.717, 1.165) is 14.5 Å². The molecule has 0 radical (unpaired) electrons. The molecule has 3 aromatic carbocycles. The fraction of sp³-hybridized carbons (Fsp3) is 0. The summed E-state index contributed by atoms with van der Waals surface area (Å²) in [5, 5.41) is 0. The van der Waals surface area contributed by atoms with Gasteiger partial charge in [0.2, 0.25) is 0 Å². The lowest BCUT2D eigenvalue weighted by Crippen LogP contribution is -2.14. The predicted octanol–water partition coefficient (Wildman–Crippen LogP) is 5.97. The molecule has 7 heteroatoms. The normalized spacial score (nSPS) is 12.1. The van der Waals surface area contributed by atoms with Crippen LogP contribution in [0.3, 0.4) is 0 Å². The van der Waals surface area contributed by atoms with E-state index in [0.29, 0.717) is 16.9 Å². The van der Waals surface area contributed by atoms with E-state index in [1.54, 1.807) is 48.5 Å². The van der Waals surface area contributed by atoms with Crippen molar-refractivity contribution in [2.75, 3.05) is 0 Å². The highest BCUT2D eigenvalue weighted by atomic mass is 79.9. The lowest BCUT2D eigenvalue weighted by atomic mass is 10.2. The van der Waals surface area contributed by atoms with Crippen LogP contribution in [0.25, 0.3) is 23.2 Å². The van der Waals surface area contributed by atoms with Gasteiger partial charge in [0.1, 0.15) is 5.82 Å². The van der Waals surface area contributed by atoms with Crippen LogP contribution in [0.2, 0.25) is 0 Å². The minimum absolute atomic E-state index is 0.211. The quantitative estimate of drug-likeness (QED) is 0.335. The largest absolute Gasteiger partial charge is 0.269 e. The summed E-state index contributed by atoms with van der Waals surface area (Å²) in [5.74, 6) is 0.340. The van der Waals surface area contributed by atoms with Gasteiger partial charge in [-0.2, -0.15) is 0 Å². The van der Waals surface area contributed by atoms with Gasteiger partial charge in [0.05, 0.1) is 15.9 Å². The van der Waals surface area contributed by atoms with Crippen molar-refractivity contribution in [3.8, 4) is 0 Å². The van der Waals surface area contributed by atoms with Gasteiger partial charge in [0, 0.05) is 8.95 Å². The standard InChI is InChI=1S/C21H14Br2N2O2S/c22-17-13-19-20(14-18(17)23)25(28(26,27)16-9-5-2-6-10-16)21(24-19)12-11-15-7-3-1-4-8-15/h1-14H/b12-11+. The van der Waals surface area contributed by atoms with Gasteiger partial charge < -0.3 is 0 Å². The molecular weight excluding hydrogens is 504 g/mol. The summed E-state index contributed by atoms with van der Waals surface area (Å²) in [6.07, 6.45) is 3.57. The summed E-state index contributed by atoms with van der Waals surface area (Å²) in [6, 6.07) is 21.6. The zero-order valence-corrected chi connectivity index (χ0v) is 18.4. The van der Waals surface area contributed by atoms with Gasteiger partial charge in [0.15, 0.2) is 0 Å². The van der Waals surface area contributed by atoms with Crippen molar-refractivity contribution in [3.05, 3.63) is 93.1 Å². The lowest BCUT2D eigenvalue weighted by molar-refractivity contribution is 0.588. The Hall–Kier alpha value is -2.22. The molecule has 140 valence electrons. The second-order valence-corrected chi connectivity index (χ2v) is 9.55. The summed E-state index contributed by atoms with van der Waals surface area (Å²) in [4.78, 5) is 4.78. The van der Waals surface area contributed by atoms with Gasteiger partial charge in [-0.3, -0.25) is 0 Å². The Labute approximate surface area is 179 Å². The number of halogens is 2. The van der Waals surface area contributed by atoms with E-state index >= 15 is 0 Å². The average molecular weight is 518 g/mol. The van der Waals surface area contributed by atoms with Crippen LogP contribution >= 0.6 is 31.9 Å². The van der Waals surface area contributed by atoms with Gasteiger partial charge in [0.25, 0.3) is 10.0 Å². The Morgan fingerprint density at radius 1 is 0.821 bits per heavy atom. The highest BCUT2D eigenvalue weighted by molar-refractivity contribution is 9.13. The van der Waals surface area contributed by atoms with Crippen molar-refractivity contribution in [3.63, 3.8) is 0 Å². The molecule has 0 aliphatic rings. The number of hydrogen-bond acceptors (Lipinski definition) is 3. The second-order valence-electron chi connectivity index (χ2n) is 6.05. The molecular formula is C21H14Br2N2O2S. The maximum atomic E-state index is 13.4. The molecule has 28 heavy (non-hydrogen) atoms. The van der Waals surface area contributed by atoms with E-state index in [4.69, 9.17) is 0 Å². The van der Waals surface area contributed by atoms with E-state index in [2.05, 4.69) is 36.8 Å². The summed E-state index contributed by atoms with van der Waals surface area (Å²) >= 11 is 6.92. The van der Waals surface area contributed by atoms with Gasteiger partial charge in [-0.15, -0.1) is 0 Å². The molecule has 0 saturated heterocycles. The van der Waals surface area contributed by atoms with E-state index in [-0.39, 0.29) is 4.90 Å². The van der Waals surface area contributed by atoms with E-state index in [1.807, 2.05) is 36.4 Å². The zero-order chi connectivity index (χ0) is 19.7. The van der Waals surface area contributed by atoms with Crippen molar-refractivity contribution in [1.82, 2.24) is 8.96 Å². The van der Waals surface area contributed by atoms with Gasteiger partial charge in [-0.25, -0.2) is 17.4 Å². The second kappa shape index (κ2) is 7.66. The topological polar surface area (TPSA) is 52.0 Å². The molecule has 1 aromatic heterocycles. The van der Waals surface area contributed by atoms with Crippen molar-refractivity contribution in [1.29, 1.82) is 0 Å². The van der Waals surface area contributed by atoms with E-state index < -0.39 is 10.0 Å². The zero-order valence-electron chi connectivity index (χ0n) is 14.5. The molecule has 4 nitrogen and oxygen atoms in total. The van der Waals surface area contributed by atoms with Crippen LogP contribution in [0.15, 0.2) is 86.6 Å². The van der Waals surface area contributed by atoms with Crippen LogP contribution < -0.4 is 0 Å². The first kappa shape index (κ1) is 19.1. The molecule has 4 aromatic rings. The van der Waals surface area contributed by atoms with Crippen LogP contribution in [-0.4, -0.2) is 17.4 Å². The fourth-order valence-corrected chi connectivity index (χ4v) is 4.99. The van der Waals surface area contributed by atoms with Crippen molar-refractivity contribution in [2.45, 2.75) is 4.90 Å². The molecule has 0 unspecified atom stereocenters. The molecule has 0 aliphatic heterocycles. The predicted molar refractivity (Wildman–Crippen MR) is 120 cm³/mol. The molecule has 0 amide bonds. The minimum Gasteiger partial charge on any atom is -0.228 e. The maximum absolute atomic E-state index is 13.4. The Bertz CT molecular complexity index is 1280. The first-order chi connectivity index (χ1) is 13.5. The summed E-state index contributed by atoms with van der Waals surface area (Å²) < 4.78 is 29.6. The lowest BCUT2D eigenvalue weighted by Gasteiger charge is -2.09. The number of aromatic nitrogens is 2. The minimum atomic E-state index is -3.82. The Morgan fingerprint density at radius 3 is 2.11 bits per heavy atom. The van der Waals surface area contributed by atoms with E-state index in [9.17, 15) is 8.42 Å². The molecule has 0 aliphatic carbocycles. The number of benzene rings is 3.